The summed E-state index contributed by atoms with van der Waals surface area (Å²) < 4.78 is 0. The summed E-state index contributed by atoms with van der Waals surface area (Å²) in [5.74, 6) is -0.519. The van der Waals surface area contributed by atoms with Crippen LogP contribution in [0.1, 0.15) is 48.2 Å². The van der Waals surface area contributed by atoms with Crippen LogP contribution in [0.25, 0.3) is 0 Å². The van der Waals surface area contributed by atoms with Gasteiger partial charge in [-0.1, -0.05) is 29.8 Å². The van der Waals surface area contributed by atoms with Crippen LogP contribution in [0.2, 0.25) is 5.02 Å². The fourth-order valence-electron chi connectivity index (χ4n) is 3.29. The molecule has 1 aliphatic carbocycles. The normalized spacial score (nSPS) is 14.4. The first kappa shape index (κ1) is 19.8. The highest BCUT2D eigenvalue weighted by Gasteiger charge is 2.38. The van der Waals surface area contributed by atoms with Gasteiger partial charge in [0, 0.05) is 28.9 Å². The van der Waals surface area contributed by atoms with Crippen molar-refractivity contribution in [1.82, 2.24) is 10.3 Å². The van der Waals surface area contributed by atoms with Crippen LogP contribution in [0, 0.1) is 11.3 Å². The SMILES string of the molecule is N#CCCC1(NC(=O)c2cc(NC(=O)Cc3ccccc3Cl)ccn2)CCC1. The minimum atomic E-state index is -0.308. The van der Waals surface area contributed by atoms with Crippen molar-refractivity contribution in [3.8, 4) is 6.07 Å². The number of nitrogens with zero attached hydrogens (tertiary/aromatic N) is 2. The molecule has 1 aromatic heterocycles. The second-order valence-corrected chi connectivity index (χ2v) is 7.40. The van der Waals surface area contributed by atoms with Gasteiger partial charge in [-0.15, -0.1) is 0 Å². The zero-order valence-electron chi connectivity index (χ0n) is 15.4. The van der Waals surface area contributed by atoms with Crippen LogP contribution in [0.5, 0.6) is 0 Å². The number of hydrogen-bond donors (Lipinski definition) is 2. The Balaban J connectivity index is 1.63. The fraction of sp³-hybridized carbons (Fsp3) is 0.333. The smallest absolute Gasteiger partial charge is 0.270 e. The third-order valence-electron chi connectivity index (χ3n) is 4.99. The van der Waals surface area contributed by atoms with Crippen molar-refractivity contribution in [2.24, 2.45) is 0 Å². The Labute approximate surface area is 168 Å². The maximum absolute atomic E-state index is 12.6. The van der Waals surface area contributed by atoms with Gasteiger partial charge in [0.2, 0.25) is 5.91 Å². The van der Waals surface area contributed by atoms with Crippen molar-refractivity contribution in [3.63, 3.8) is 0 Å². The molecular weight excluding hydrogens is 376 g/mol. The summed E-state index contributed by atoms with van der Waals surface area (Å²) in [5, 5.41) is 15.2. The van der Waals surface area contributed by atoms with Crippen LogP contribution in [0.3, 0.4) is 0 Å². The molecule has 6 nitrogen and oxygen atoms in total. The average molecular weight is 397 g/mol. The second-order valence-electron chi connectivity index (χ2n) is 6.99. The van der Waals surface area contributed by atoms with Gasteiger partial charge in [0.25, 0.3) is 5.91 Å². The van der Waals surface area contributed by atoms with Crippen molar-refractivity contribution < 1.29 is 9.59 Å². The molecule has 2 N–H and O–H groups in total. The summed E-state index contributed by atoms with van der Waals surface area (Å²) in [6, 6.07) is 12.5. The van der Waals surface area contributed by atoms with Gasteiger partial charge in [-0.25, -0.2) is 0 Å². The molecule has 1 aliphatic rings. The van der Waals surface area contributed by atoms with Crippen LogP contribution in [-0.2, 0) is 11.2 Å². The number of anilines is 1. The fourth-order valence-corrected chi connectivity index (χ4v) is 3.50. The number of rotatable bonds is 7. The Bertz CT molecular complexity index is 919. The molecule has 0 aliphatic heterocycles. The number of nitriles is 1. The van der Waals surface area contributed by atoms with Gasteiger partial charge in [-0.05, 0) is 49.4 Å². The maximum atomic E-state index is 12.6. The van der Waals surface area contributed by atoms with E-state index in [0.29, 0.717) is 23.6 Å². The van der Waals surface area contributed by atoms with Gasteiger partial charge in [-0.2, -0.15) is 5.26 Å². The van der Waals surface area contributed by atoms with E-state index in [2.05, 4.69) is 21.7 Å². The van der Waals surface area contributed by atoms with Gasteiger partial charge in [0.1, 0.15) is 5.69 Å². The molecule has 1 fully saturated rings. The van der Waals surface area contributed by atoms with E-state index < -0.39 is 0 Å². The highest BCUT2D eigenvalue weighted by Crippen LogP contribution is 2.36. The van der Waals surface area contributed by atoms with Crippen LogP contribution in [0.4, 0.5) is 5.69 Å². The topological polar surface area (TPSA) is 94.9 Å². The minimum Gasteiger partial charge on any atom is -0.345 e. The van der Waals surface area contributed by atoms with E-state index in [1.807, 2.05) is 12.1 Å². The largest absolute Gasteiger partial charge is 0.345 e. The van der Waals surface area contributed by atoms with Crippen molar-refractivity contribution in [1.29, 1.82) is 5.26 Å². The number of nitrogens with one attached hydrogen (secondary N) is 2. The van der Waals surface area contributed by atoms with Gasteiger partial charge in [0.05, 0.1) is 12.5 Å². The van der Waals surface area contributed by atoms with Crippen molar-refractivity contribution in [3.05, 3.63) is 58.9 Å². The number of pyridine rings is 1. The zero-order valence-corrected chi connectivity index (χ0v) is 16.1. The van der Waals surface area contributed by atoms with E-state index in [0.717, 1.165) is 24.8 Å². The first-order valence-electron chi connectivity index (χ1n) is 9.20. The van der Waals surface area contributed by atoms with E-state index in [1.165, 1.54) is 6.20 Å². The summed E-state index contributed by atoms with van der Waals surface area (Å²) in [6.45, 7) is 0. The predicted molar refractivity (Wildman–Crippen MR) is 107 cm³/mol. The lowest BCUT2D eigenvalue weighted by atomic mass is 9.73. The number of hydrogen-bond acceptors (Lipinski definition) is 4. The number of aromatic nitrogens is 1. The monoisotopic (exact) mass is 396 g/mol. The van der Waals surface area contributed by atoms with Gasteiger partial charge >= 0.3 is 0 Å². The van der Waals surface area contributed by atoms with Crippen LogP contribution in [0.15, 0.2) is 42.6 Å². The highest BCUT2D eigenvalue weighted by molar-refractivity contribution is 6.31. The molecular formula is C21H21ClN4O2. The molecule has 0 unspecified atom stereocenters. The number of carbonyl (C=O) groups is 2. The molecule has 144 valence electrons. The van der Waals surface area contributed by atoms with E-state index in [1.54, 1.807) is 24.3 Å². The summed E-state index contributed by atoms with van der Waals surface area (Å²) >= 11 is 6.09. The molecule has 1 aromatic carbocycles. The van der Waals surface area contributed by atoms with Crippen LogP contribution < -0.4 is 10.6 Å². The molecule has 7 heteroatoms. The molecule has 2 aromatic rings. The number of amides is 2. The second kappa shape index (κ2) is 8.85. The molecule has 28 heavy (non-hydrogen) atoms. The molecule has 2 amide bonds. The summed E-state index contributed by atoms with van der Waals surface area (Å²) in [4.78, 5) is 29.0. The molecule has 0 bridgehead atoms. The number of benzene rings is 1. The third-order valence-corrected chi connectivity index (χ3v) is 5.36. The van der Waals surface area contributed by atoms with Crippen molar-refractivity contribution in [2.75, 3.05) is 5.32 Å². The third kappa shape index (κ3) is 4.87. The Morgan fingerprint density at radius 2 is 2.04 bits per heavy atom. The zero-order chi connectivity index (χ0) is 20.0. The first-order chi connectivity index (χ1) is 13.5. The van der Waals surface area contributed by atoms with Gasteiger partial charge in [0.15, 0.2) is 0 Å². The first-order valence-corrected chi connectivity index (χ1v) is 9.58. The highest BCUT2D eigenvalue weighted by atomic mass is 35.5. The Kier molecular flexibility index (Phi) is 6.27. The summed E-state index contributed by atoms with van der Waals surface area (Å²) in [5.41, 5.74) is 1.16. The molecule has 3 rings (SSSR count). The van der Waals surface area contributed by atoms with Crippen LogP contribution >= 0.6 is 11.6 Å². The molecule has 1 saturated carbocycles. The minimum absolute atomic E-state index is 0.140. The van der Waals surface area contributed by atoms with E-state index in [4.69, 9.17) is 16.9 Å². The quantitative estimate of drug-likeness (QED) is 0.742. The summed E-state index contributed by atoms with van der Waals surface area (Å²) in [7, 11) is 0. The number of halogens is 1. The van der Waals surface area contributed by atoms with Crippen molar-refractivity contribution in [2.45, 2.75) is 44.1 Å². The van der Waals surface area contributed by atoms with Crippen molar-refractivity contribution >= 4 is 29.1 Å². The Morgan fingerprint density at radius 1 is 1.25 bits per heavy atom. The van der Waals surface area contributed by atoms with E-state index in [9.17, 15) is 9.59 Å². The van der Waals surface area contributed by atoms with E-state index >= 15 is 0 Å². The Hall–Kier alpha value is -2.91. The predicted octanol–water partition coefficient (Wildman–Crippen LogP) is 3.87. The van der Waals surface area contributed by atoms with Crippen LogP contribution in [-0.4, -0.2) is 22.3 Å². The standard InChI is InChI=1S/C21H21ClN4O2/c22-17-6-2-1-5-15(17)13-19(27)25-16-7-12-24-18(14-16)20(28)26-21(8-3-9-21)10-4-11-23/h1-2,5-7,12,14H,3-4,8-10,13H2,(H,26,28)(H,24,25,27). The van der Waals surface area contributed by atoms with Gasteiger partial charge < -0.3 is 10.6 Å². The molecule has 0 spiro atoms. The maximum Gasteiger partial charge on any atom is 0.270 e. The Morgan fingerprint density at radius 3 is 2.71 bits per heavy atom. The molecule has 0 radical (unpaired) electrons. The summed E-state index contributed by atoms with van der Waals surface area (Å²) in [6.07, 6.45) is 5.46. The molecule has 0 atom stereocenters. The molecule has 1 heterocycles. The lowest BCUT2D eigenvalue weighted by molar-refractivity contribution is -0.115. The lowest BCUT2D eigenvalue weighted by Crippen LogP contribution is -2.53. The molecule has 0 saturated heterocycles. The number of carbonyl (C=O) groups excluding carboxylic acids is 2. The van der Waals surface area contributed by atoms with Gasteiger partial charge in [-0.3, -0.25) is 14.6 Å². The lowest BCUT2D eigenvalue weighted by Gasteiger charge is -2.42. The average Bonchev–Trinajstić information content (AvgIpc) is 2.65. The van der Waals surface area contributed by atoms with E-state index in [-0.39, 0.29) is 29.5 Å².